The third-order valence-corrected chi connectivity index (χ3v) is 19.9. The number of ether oxygens (including phenoxy) is 2. The van der Waals surface area contributed by atoms with Gasteiger partial charge in [0, 0.05) is 76.7 Å². The topological polar surface area (TPSA) is 333 Å². The summed E-state index contributed by atoms with van der Waals surface area (Å²) in [5, 5.41) is 28.4. The number of esters is 2. The average molecular weight is 1840 g/mol. The predicted octanol–water partition coefficient (Wildman–Crippen LogP) is 25.2. The number of nitrogens with one attached hydrogen (secondary N) is 2. The fraction of sp³-hybridized carbons (Fsp3) is 0.198. The highest BCUT2D eigenvalue weighted by atomic mass is 35.5. The van der Waals surface area contributed by atoms with Crippen molar-refractivity contribution in [3.8, 4) is 33.4 Å². The van der Waals surface area contributed by atoms with Crippen LogP contribution in [0.5, 0.6) is 0 Å². The van der Waals surface area contributed by atoms with Crippen molar-refractivity contribution in [2.45, 2.75) is 105 Å². The molecule has 11 heterocycles. The number of alkyl halides is 12. The van der Waals surface area contributed by atoms with E-state index in [1.54, 1.807) is 92.2 Å². The molecule has 0 fully saturated rings. The Hall–Kier alpha value is -11.9. The van der Waals surface area contributed by atoms with Crippen molar-refractivity contribution in [3.05, 3.63) is 237 Å². The molecule has 0 radical (unpaired) electrons. The second kappa shape index (κ2) is 36.1. The third-order valence-electron chi connectivity index (χ3n) is 16.3. The molecule has 122 heavy (non-hydrogen) atoms. The molecule has 0 aliphatic heterocycles. The number of aromatic nitrogens is 4. The summed E-state index contributed by atoms with van der Waals surface area (Å²) in [5.74, 6) is -7.28. The Morgan fingerprint density at radius 2 is 0.664 bits per heavy atom. The number of carboxylic acids is 2. The number of hydrogen-bond donors (Lipinski definition) is 5. The second-order valence-electron chi connectivity index (χ2n) is 28.0. The van der Waals surface area contributed by atoms with E-state index in [0.29, 0.717) is 47.9 Å². The van der Waals surface area contributed by atoms with Gasteiger partial charge in [0.25, 0.3) is 17.1 Å². The lowest BCUT2D eigenvalue weighted by molar-refractivity contribution is -0.137. The first-order chi connectivity index (χ1) is 56.6. The summed E-state index contributed by atoms with van der Waals surface area (Å²) in [6.45, 7) is 16.2. The molecule has 11 aromatic heterocycles. The molecule has 638 valence electrons. The number of hydrogen-bond acceptors (Lipinski definition) is 21. The van der Waals surface area contributed by atoms with Gasteiger partial charge in [0.05, 0.1) is 43.8 Å². The molecule has 2 amide bonds. The number of fused-ring (bicyclic) bond motifs is 4. The number of furan rings is 4. The minimum Gasteiger partial charge on any atom is -0.478 e. The summed E-state index contributed by atoms with van der Waals surface area (Å²) in [5.41, 5.74) is 4.10. The summed E-state index contributed by atoms with van der Waals surface area (Å²) in [6, 6.07) is 27.7. The highest BCUT2D eigenvalue weighted by Crippen LogP contribution is 2.45. The zero-order valence-electron chi connectivity index (χ0n) is 64.1. The zero-order valence-corrected chi connectivity index (χ0v) is 69.6. The summed E-state index contributed by atoms with van der Waals surface area (Å²) in [4.78, 5) is 99.7. The quantitative estimate of drug-likeness (QED) is 0.0431. The largest absolute Gasteiger partial charge is 0.478 e. The summed E-state index contributed by atoms with van der Waals surface area (Å²) in [6.07, 6.45) is -18.4. The molecular formula is C81H59Cl4F12N7O15S3. The van der Waals surface area contributed by atoms with E-state index in [4.69, 9.17) is 84.4 Å². The van der Waals surface area contributed by atoms with Crippen LogP contribution in [0.1, 0.15) is 160 Å². The monoisotopic (exact) mass is 1830 g/mol. The van der Waals surface area contributed by atoms with Crippen LogP contribution in [-0.2, 0) is 34.2 Å². The number of rotatable bonds is 12. The molecule has 0 aliphatic carbocycles. The fourth-order valence-corrected chi connectivity index (χ4v) is 14.5. The highest BCUT2D eigenvalue weighted by Gasteiger charge is 2.40. The van der Waals surface area contributed by atoms with Gasteiger partial charge < -0.3 is 53.7 Å². The molecule has 0 spiro atoms. The molecule has 3 aromatic carbocycles. The number of benzene rings is 3. The van der Waals surface area contributed by atoms with Crippen LogP contribution in [0.2, 0.25) is 15.1 Å². The molecule has 41 heteroatoms. The van der Waals surface area contributed by atoms with E-state index in [-0.39, 0.29) is 99.8 Å². The Morgan fingerprint density at radius 3 is 0.967 bits per heavy atom. The van der Waals surface area contributed by atoms with Gasteiger partial charge in [-0.2, -0.15) is 52.7 Å². The summed E-state index contributed by atoms with van der Waals surface area (Å²) < 4.78 is 188. The average Bonchev–Trinajstić information content (AvgIpc) is 1.66. The van der Waals surface area contributed by atoms with E-state index in [9.17, 15) is 91.4 Å². The summed E-state index contributed by atoms with van der Waals surface area (Å²) >= 11 is 26.2. The lowest BCUT2D eigenvalue weighted by Gasteiger charge is -2.20. The second-order valence-corrected chi connectivity index (χ2v) is 32.3. The maximum absolute atomic E-state index is 13.5. The number of nitrogens with zero attached hydrogens (tertiary/aromatic N) is 4. The maximum atomic E-state index is 13.5. The van der Waals surface area contributed by atoms with Crippen LogP contribution >= 0.6 is 80.4 Å². The van der Waals surface area contributed by atoms with Crippen molar-refractivity contribution in [2.75, 3.05) is 16.4 Å². The first-order valence-electron chi connectivity index (χ1n) is 34.7. The van der Waals surface area contributed by atoms with Gasteiger partial charge in [-0.3, -0.25) is 14.4 Å². The molecule has 0 atom stereocenters. The van der Waals surface area contributed by atoms with E-state index < -0.39 is 111 Å². The number of aromatic carboxylic acids is 2. The van der Waals surface area contributed by atoms with Gasteiger partial charge in [0.2, 0.25) is 28.6 Å². The van der Waals surface area contributed by atoms with Gasteiger partial charge in [-0.25, -0.2) is 39.1 Å². The molecule has 14 rings (SSSR count). The van der Waals surface area contributed by atoms with E-state index in [0.717, 1.165) is 82.3 Å². The van der Waals surface area contributed by atoms with Crippen LogP contribution in [0.3, 0.4) is 0 Å². The Morgan fingerprint density at radius 1 is 0.393 bits per heavy atom. The van der Waals surface area contributed by atoms with Gasteiger partial charge in [-0.05, 0) is 176 Å². The molecule has 0 unspecified atom stereocenters. The van der Waals surface area contributed by atoms with Crippen molar-refractivity contribution in [1.29, 1.82) is 0 Å². The number of anilines is 3. The lowest BCUT2D eigenvalue weighted by atomic mass is 10.0. The third kappa shape index (κ3) is 22.4. The van der Waals surface area contributed by atoms with E-state index in [2.05, 4.69) is 30.6 Å². The Balaban J connectivity index is 0.000000166. The number of carbonyl (C=O) groups excluding carboxylic acids is 5. The molecule has 0 saturated heterocycles. The number of carbonyl (C=O) groups is 7. The van der Waals surface area contributed by atoms with Crippen molar-refractivity contribution in [3.63, 3.8) is 0 Å². The standard InChI is InChI=1S/C25H20ClF3N2O4S.C21H12ClF3N2O4S.C15H16ClNO2S.C10H5ClF3NO2.C10H6F3NO3/c1-12-9-17(25(27,28)29)15-10-18(34-21(15)30-12)20(32)31-22-19(23(33)35-24(2,3)4)16(11-36-22)13-5-7-14(26)8-6-13;1-9-6-14(21(23,24)25)12-7-15(31-18(12)26-9)17(28)27-19-16(20(29)30)13(8-32-19)10-2-4-11(22)5-3-10;1-15(2,3)19-14(18)12-11(8-20-13(12)17)9-4-6-10(16)7-5-9;1-4-2-6(10(12,13)14)5-3-7(8(11)16)17-9(5)15-4;1-4-2-6(10(11,12)13)5-3-7(9(15)16)17-8(5)14-4/h5-11H,1-4H3,(H,31,32);2-8H,1H3,(H,27,28)(H,29,30);4-8H,17H2,1-3H3;2-3H,1H3;2-3H,1H3,(H,15,16). The van der Waals surface area contributed by atoms with E-state index >= 15 is 0 Å². The fourth-order valence-electron chi connectivity index (χ4n) is 11.3. The number of pyridine rings is 4. The Bertz CT molecular complexity index is 6270. The van der Waals surface area contributed by atoms with Crippen LogP contribution < -0.4 is 16.4 Å². The SMILES string of the molecule is CC(C)(C)OC(=O)c1c(-c2ccc(Cl)cc2)csc1N.Cc1cc(C(F)(F)F)c2cc(C(=O)Cl)oc2n1.Cc1cc(C(F)(F)F)c2cc(C(=O)Nc3scc(-c4ccc(Cl)cc4)c3C(=O)O)oc2n1.Cc1cc(C(F)(F)F)c2cc(C(=O)Nc3scc(-c4ccc(Cl)cc4)c3C(=O)OC(C)(C)C)oc2n1.Cc1cc(C(F)(F)F)c2cc(C(=O)O)oc2n1. The summed E-state index contributed by atoms with van der Waals surface area (Å²) in [7, 11) is 0. The molecular weight excluding hydrogens is 1780 g/mol. The maximum Gasteiger partial charge on any atom is 0.417 e. The van der Waals surface area contributed by atoms with Crippen molar-refractivity contribution < 1.29 is 124 Å². The first-order valence-corrected chi connectivity index (χ1v) is 38.8. The molecule has 14 aromatic rings. The number of nitrogen functional groups attached to an aromatic ring is 1. The van der Waals surface area contributed by atoms with Gasteiger partial charge in [-0.15, -0.1) is 34.0 Å². The van der Waals surface area contributed by atoms with Crippen molar-refractivity contribution in [1.82, 2.24) is 19.9 Å². The van der Waals surface area contributed by atoms with Crippen molar-refractivity contribution in [2.24, 2.45) is 0 Å². The van der Waals surface area contributed by atoms with Gasteiger partial charge >= 0.3 is 48.6 Å². The Kier molecular flexibility index (Phi) is 27.3. The number of nitrogens with two attached hydrogens (primary N) is 1. The number of thiophene rings is 3. The van der Waals surface area contributed by atoms with Crippen LogP contribution in [0.15, 0.2) is 155 Å². The van der Waals surface area contributed by atoms with Gasteiger partial charge in [0.15, 0.2) is 17.3 Å². The highest BCUT2D eigenvalue weighted by molar-refractivity contribution is 7.16. The lowest BCUT2D eigenvalue weighted by Crippen LogP contribution is -2.25. The van der Waals surface area contributed by atoms with Crippen LogP contribution in [0.4, 0.5) is 67.7 Å². The molecule has 0 bridgehead atoms. The number of aryl methyl sites for hydroxylation is 4. The molecule has 6 N–H and O–H groups in total. The normalized spacial score (nSPS) is 11.9. The molecule has 0 saturated carbocycles. The van der Waals surface area contributed by atoms with Crippen LogP contribution in [0.25, 0.3) is 77.8 Å². The number of halogens is 16. The number of amides is 2. The minimum atomic E-state index is -4.67. The smallest absolute Gasteiger partial charge is 0.417 e. The Labute approximate surface area is 712 Å². The van der Waals surface area contributed by atoms with E-state index in [1.807, 2.05) is 38.3 Å². The van der Waals surface area contributed by atoms with Crippen molar-refractivity contribution >= 4 is 181 Å². The molecule has 0 aliphatic rings. The minimum absolute atomic E-state index is 0.00749. The number of carboxylic acid groups (broad SMARTS) is 2. The first kappa shape index (κ1) is 92.4. The predicted molar refractivity (Wildman–Crippen MR) is 434 cm³/mol. The zero-order chi connectivity index (χ0) is 90.1. The van der Waals surface area contributed by atoms with Gasteiger partial charge in [0.1, 0.15) is 42.9 Å². The molecule has 22 nitrogen and oxygen atoms in total. The van der Waals surface area contributed by atoms with Gasteiger partial charge in [-0.1, -0.05) is 71.2 Å². The van der Waals surface area contributed by atoms with Crippen LogP contribution in [0, 0.1) is 27.7 Å². The van der Waals surface area contributed by atoms with Crippen LogP contribution in [-0.4, -0.2) is 82.3 Å². The van der Waals surface area contributed by atoms with E-state index in [1.165, 1.54) is 39.0 Å².